The third-order valence-electron chi connectivity index (χ3n) is 4.32. The van der Waals surface area contributed by atoms with E-state index in [0.29, 0.717) is 26.2 Å². The molecule has 0 aromatic heterocycles. The Bertz CT molecular complexity index is 559. The van der Waals surface area contributed by atoms with E-state index in [2.05, 4.69) is 0 Å². The minimum Gasteiger partial charge on any atom is -0.486 e. The molecule has 1 fully saturated rings. The molecule has 0 spiro atoms. The van der Waals surface area contributed by atoms with Gasteiger partial charge in [0, 0.05) is 36.2 Å². The first-order valence-electron chi connectivity index (χ1n) is 8.30. The van der Waals surface area contributed by atoms with E-state index in [0.717, 1.165) is 41.5 Å². The Balaban J connectivity index is 0.00000208. The fourth-order valence-electron chi connectivity index (χ4n) is 3.09. The highest BCUT2D eigenvalue weighted by Gasteiger charge is 2.25. The van der Waals surface area contributed by atoms with Crippen LogP contribution in [0.15, 0.2) is 23.1 Å². The monoisotopic (exact) mass is 372 g/mol. The highest BCUT2D eigenvalue weighted by molar-refractivity contribution is 7.99. The van der Waals surface area contributed by atoms with Crippen molar-refractivity contribution in [1.29, 1.82) is 0 Å². The number of hydrogen-bond acceptors (Lipinski definition) is 5. The Morgan fingerprint density at radius 3 is 2.83 bits per heavy atom. The van der Waals surface area contributed by atoms with Crippen LogP contribution in [0.4, 0.5) is 0 Å². The second-order valence-electron chi connectivity index (χ2n) is 5.88. The summed E-state index contributed by atoms with van der Waals surface area (Å²) in [6, 6.07) is 6.18. The van der Waals surface area contributed by atoms with Gasteiger partial charge < -0.3 is 20.1 Å². The van der Waals surface area contributed by atoms with Crippen LogP contribution in [0.2, 0.25) is 0 Å². The fourth-order valence-corrected chi connectivity index (χ4v) is 3.95. The average Bonchev–Trinajstić information content (AvgIpc) is 2.61. The second kappa shape index (κ2) is 9.39. The van der Waals surface area contributed by atoms with Gasteiger partial charge in [0.1, 0.15) is 13.2 Å². The van der Waals surface area contributed by atoms with Gasteiger partial charge in [-0.1, -0.05) is 0 Å². The number of thioether (sulfide) groups is 1. The van der Waals surface area contributed by atoms with Crippen LogP contribution in [-0.4, -0.2) is 48.9 Å². The van der Waals surface area contributed by atoms with Crippen LogP contribution in [0, 0.1) is 0 Å². The van der Waals surface area contributed by atoms with Gasteiger partial charge in [0.15, 0.2) is 11.5 Å². The van der Waals surface area contributed by atoms with Crippen molar-refractivity contribution in [2.75, 3.05) is 32.1 Å². The van der Waals surface area contributed by atoms with Gasteiger partial charge in [0.2, 0.25) is 5.91 Å². The molecule has 0 radical (unpaired) electrons. The van der Waals surface area contributed by atoms with E-state index in [1.165, 1.54) is 6.42 Å². The number of halogens is 1. The summed E-state index contributed by atoms with van der Waals surface area (Å²) in [7, 11) is 0. The number of ether oxygens (including phenoxy) is 2. The van der Waals surface area contributed by atoms with E-state index in [1.54, 1.807) is 11.8 Å². The summed E-state index contributed by atoms with van der Waals surface area (Å²) in [5.74, 6) is 2.60. The highest BCUT2D eigenvalue weighted by atomic mass is 35.5. The number of fused-ring (bicyclic) bond motifs is 1. The zero-order chi connectivity index (χ0) is 16.1. The van der Waals surface area contributed by atoms with E-state index < -0.39 is 0 Å². The van der Waals surface area contributed by atoms with E-state index in [-0.39, 0.29) is 24.4 Å². The van der Waals surface area contributed by atoms with Crippen LogP contribution < -0.4 is 15.2 Å². The topological polar surface area (TPSA) is 64.8 Å². The predicted octanol–water partition coefficient (Wildman–Crippen LogP) is 2.70. The molecule has 0 saturated carbocycles. The van der Waals surface area contributed by atoms with Crippen molar-refractivity contribution < 1.29 is 14.3 Å². The Morgan fingerprint density at radius 1 is 1.25 bits per heavy atom. The second-order valence-corrected chi connectivity index (χ2v) is 7.04. The van der Waals surface area contributed by atoms with Gasteiger partial charge in [-0.3, -0.25) is 4.79 Å². The maximum absolute atomic E-state index is 12.4. The maximum Gasteiger partial charge on any atom is 0.223 e. The SMILES string of the molecule is Cl.NCC1CCCCN1C(=O)CCSc1ccc2c(c1)OCCO2. The molecule has 134 valence electrons. The smallest absolute Gasteiger partial charge is 0.223 e. The van der Waals surface area contributed by atoms with Crippen LogP contribution >= 0.6 is 24.2 Å². The number of nitrogens with two attached hydrogens (primary N) is 1. The number of carbonyl (C=O) groups excluding carboxylic acids is 1. The first-order chi connectivity index (χ1) is 11.3. The lowest BCUT2D eigenvalue weighted by Crippen LogP contribution is -2.47. The molecular weight excluding hydrogens is 348 g/mol. The van der Waals surface area contributed by atoms with Crippen molar-refractivity contribution in [2.45, 2.75) is 36.6 Å². The summed E-state index contributed by atoms with van der Waals surface area (Å²) in [4.78, 5) is 15.5. The summed E-state index contributed by atoms with van der Waals surface area (Å²) in [6.45, 7) is 2.62. The Morgan fingerprint density at radius 2 is 2.04 bits per heavy atom. The zero-order valence-corrected chi connectivity index (χ0v) is 15.4. The van der Waals surface area contributed by atoms with E-state index in [1.807, 2.05) is 23.1 Å². The van der Waals surface area contributed by atoms with Crippen molar-refractivity contribution in [1.82, 2.24) is 4.90 Å². The Hall–Kier alpha value is -1.11. The van der Waals surface area contributed by atoms with Crippen molar-refractivity contribution in [3.05, 3.63) is 18.2 Å². The lowest BCUT2D eigenvalue weighted by Gasteiger charge is -2.35. The van der Waals surface area contributed by atoms with Crippen LogP contribution in [0.1, 0.15) is 25.7 Å². The molecule has 2 heterocycles. The molecule has 5 nitrogen and oxygen atoms in total. The van der Waals surface area contributed by atoms with E-state index >= 15 is 0 Å². The molecule has 1 amide bonds. The maximum atomic E-state index is 12.4. The molecule has 1 unspecified atom stereocenters. The number of amides is 1. The Kier molecular flexibility index (Phi) is 7.52. The molecule has 2 aliphatic heterocycles. The molecule has 0 bridgehead atoms. The number of benzene rings is 1. The van der Waals surface area contributed by atoms with Gasteiger partial charge in [0.25, 0.3) is 0 Å². The molecule has 7 heteroatoms. The molecule has 1 saturated heterocycles. The Labute approximate surface area is 153 Å². The molecule has 1 atom stereocenters. The molecule has 1 aromatic carbocycles. The molecule has 0 aliphatic carbocycles. The number of rotatable bonds is 5. The number of nitrogens with zero attached hydrogens (tertiary/aromatic N) is 1. The van der Waals surface area contributed by atoms with Gasteiger partial charge in [-0.05, 0) is 37.5 Å². The van der Waals surface area contributed by atoms with Gasteiger partial charge >= 0.3 is 0 Å². The lowest BCUT2D eigenvalue weighted by atomic mass is 10.0. The van der Waals surface area contributed by atoms with Crippen molar-refractivity contribution in [3.8, 4) is 11.5 Å². The summed E-state index contributed by atoms with van der Waals surface area (Å²) in [6.07, 6.45) is 3.86. The normalized spacial score (nSPS) is 19.5. The summed E-state index contributed by atoms with van der Waals surface area (Å²) >= 11 is 1.68. The third kappa shape index (κ3) is 4.71. The van der Waals surface area contributed by atoms with Crippen molar-refractivity contribution in [2.24, 2.45) is 5.73 Å². The first-order valence-corrected chi connectivity index (χ1v) is 9.28. The van der Waals surface area contributed by atoms with Crippen LogP contribution in [0.3, 0.4) is 0 Å². The highest BCUT2D eigenvalue weighted by Crippen LogP contribution is 2.34. The van der Waals surface area contributed by atoms with E-state index in [4.69, 9.17) is 15.2 Å². The standard InChI is InChI=1S/C17H24N2O3S.ClH/c18-12-13-3-1-2-7-19(13)17(20)6-10-23-14-4-5-15-16(11-14)22-9-8-21-15;/h4-5,11,13H,1-3,6-10,12,18H2;1H. The molecule has 1 aromatic rings. The predicted molar refractivity (Wildman–Crippen MR) is 98.4 cm³/mol. The molecule has 2 aliphatic rings. The summed E-state index contributed by atoms with van der Waals surface area (Å²) < 4.78 is 11.1. The third-order valence-corrected chi connectivity index (χ3v) is 5.31. The van der Waals surface area contributed by atoms with Crippen molar-refractivity contribution in [3.63, 3.8) is 0 Å². The number of piperidine rings is 1. The van der Waals surface area contributed by atoms with Gasteiger partial charge in [-0.15, -0.1) is 24.2 Å². The van der Waals surface area contributed by atoms with Gasteiger partial charge in [-0.2, -0.15) is 0 Å². The molecule has 24 heavy (non-hydrogen) atoms. The molecule has 2 N–H and O–H groups in total. The minimum atomic E-state index is 0. The summed E-state index contributed by atoms with van der Waals surface area (Å²) in [5.41, 5.74) is 5.79. The molecule has 3 rings (SSSR count). The van der Waals surface area contributed by atoms with Crippen LogP contribution in [0.5, 0.6) is 11.5 Å². The lowest BCUT2D eigenvalue weighted by molar-refractivity contribution is -0.134. The first kappa shape index (κ1) is 19.2. The molecular formula is C17H25ClN2O3S. The zero-order valence-electron chi connectivity index (χ0n) is 13.7. The van der Waals surface area contributed by atoms with Crippen LogP contribution in [0.25, 0.3) is 0 Å². The fraction of sp³-hybridized carbons (Fsp3) is 0.588. The van der Waals surface area contributed by atoms with Crippen molar-refractivity contribution >= 4 is 30.1 Å². The quantitative estimate of drug-likeness (QED) is 0.805. The van der Waals surface area contributed by atoms with Gasteiger partial charge in [-0.25, -0.2) is 0 Å². The number of carbonyl (C=O) groups is 1. The number of hydrogen-bond donors (Lipinski definition) is 1. The summed E-state index contributed by atoms with van der Waals surface area (Å²) in [5, 5.41) is 0. The minimum absolute atomic E-state index is 0. The number of likely N-dealkylation sites (tertiary alicyclic amines) is 1. The van der Waals surface area contributed by atoms with Crippen LogP contribution in [-0.2, 0) is 4.79 Å². The van der Waals surface area contributed by atoms with Gasteiger partial charge in [0.05, 0.1) is 0 Å². The largest absolute Gasteiger partial charge is 0.486 e. The average molecular weight is 373 g/mol. The van der Waals surface area contributed by atoms with E-state index in [9.17, 15) is 4.79 Å².